The highest BCUT2D eigenvalue weighted by atomic mass is 19.2. The van der Waals surface area contributed by atoms with Gasteiger partial charge in [-0.25, -0.2) is 8.78 Å². The summed E-state index contributed by atoms with van der Waals surface area (Å²) in [6.45, 7) is 4.78. The maximum atomic E-state index is 13.6. The van der Waals surface area contributed by atoms with E-state index in [1.54, 1.807) is 6.07 Å². The highest BCUT2D eigenvalue weighted by Gasteiger charge is 2.15. The SMILES string of the molecule is CCCC(CCO)CNC(C)c1cccc(F)c1F. The molecule has 19 heavy (non-hydrogen) atoms. The average molecular weight is 271 g/mol. The number of rotatable bonds is 8. The van der Waals surface area contributed by atoms with Gasteiger partial charge in [0.2, 0.25) is 0 Å². The lowest BCUT2D eigenvalue weighted by molar-refractivity contribution is 0.245. The Morgan fingerprint density at radius 2 is 2.00 bits per heavy atom. The summed E-state index contributed by atoms with van der Waals surface area (Å²) in [5.74, 6) is -1.22. The molecule has 0 fully saturated rings. The van der Waals surface area contributed by atoms with Gasteiger partial charge >= 0.3 is 0 Å². The molecule has 108 valence electrons. The molecule has 0 amide bonds. The standard InChI is InChI=1S/C15H23F2NO/c1-3-5-12(8-9-19)10-18-11(2)13-6-4-7-14(16)15(13)17/h4,6-7,11-12,18-19H,3,5,8-10H2,1-2H3. The van der Waals surface area contributed by atoms with Crippen LogP contribution in [0.25, 0.3) is 0 Å². The number of hydrogen-bond acceptors (Lipinski definition) is 2. The molecule has 0 saturated carbocycles. The monoisotopic (exact) mass is 271 g/mol. The summed E-state index contributed by atoms with van der Waals surface area (Å²) in [4.78, 5) is 0. The Kier molecular flexibility index (Phi) is 6.95. The van der Waals surface area contributed by atoms with Gasteiger partial charge in [0, 0.05) is 18.2 Å². The molecule has 0 aromatic heterocycles. The fourth-order valence-electron chi connectivity index (χ4n) is 2.25. The molecule has 0 aliphatic carbocycles. The number of halogens is 2. The molecule has 0 radical (unpaired) electrons. The molecule has 0 aliphatic rings. The quantitative estimate of drug-likeness (QED) is 0.759. The summed E-state index contributed by atoms with van der Waals surface area (Å²) in [5, 5.41) is 12.2. The molecule has 2 nitrogen and oxygen atoms in total. The number of benzene rings is 1. The largest absolute Gasteiger partial charge is 0.396 e. The van der Waals surface area contributed by atoms with E-state index in [2.05, 4.69) is 12.2 Å². The van der Waals surface area contributed by atoms with Crippen molar-refractivity contribution in [2.75, 3.05) is 13.2 Å². The fraction of sp³-hybridized carbons (Fsp3) is 0.600. The van der Waals surface area contributed by atoms with Gasteiger partial charge in [0.25, 0.3) is 0 Å². The van der Waals surface area contributed by atoms with Crippen LogP contribution in [0, 0.1) is 17.6 Å². The second-order valence-corrected chi connectivity index (χ2v) is 4.94. The van der Waals surface area contributed by atoms with Crippen molar-refractivity contribution in [1.29, 1.82) is 0 Å². The molecule has 0 saturated heterocycles. The molecule has 1 aromatic carbocycles. The van der Waals surface area contributed by atoms with Crippen LogP contribution in [0.3, 0.4) is 0 Å². The highest BCUT2D eigenvalue weighted by Crippen LogP contribution is 2.20. The van der Waals surface area contributed by atoms with Gasteiger partial charge in [-0.1, -0.05) is 25.5 Å². The fourth-order valence-corrected chi connectivity index (χ4v) is 2.25. The minimum Gasteiger partial charge on any atom is -0.396 e. The zero-order valence-electron chi connectivity index (χ0n) is 11.6. The topological polar surface area (TPSA) is 32.3 Å². The molecule has 1 rings (SSSR count). The van der Waals surface area contributed by atoms with E-state index in [4.69, 9.17) is 5.11 Å². The number of nitrogens with one attached hydrogen (secondary N) is 1. The molecule has 0 heterocycles. The Labute approximate surface area is 113 Å². The van der Waals surface area contributed by atoms with E-state index in [0.29, 0.717) is 18.0 Å². The molecule has 4 heteroatoms. The number of aliphatic hydroxyl groups is 1. The summed E-state index contributed by atoms with van der Waals surface area (Å²) in [7, 11) is 0. The summed E-state index contributed by atoms with van der Waals surface area (Å²) in [5.41, 5.74) is 0.347. The van der Waals surface area contributed by atoms with Gasteiger partial charge in [-0.2, -0.15) is 0 Å². The zero-order chi connectivity index (χ0) is 14.3. The van der Waals surface area contributed by atoms with Crippen molar-refractivity contribution in [2.45, 2.75) is 39.2 Å². The third kappa shape index (κ3) is 4.88. The minimum atomic E-state index is -0.813. The van der Waals surface area contributed by atoms with Gasteiger partial charge in [0.1, 0.15) is 0 Å². The van der Waals surface area contributed by atoms with E-state index in [1.165, 1.54) is 6.07 Å². The van der Waals surface area contributed by atoms with E-state index in [0.717, 1.165) is 25.3 Å². The summed E-state index contributed by atoms with van der Waals surface area (Å²) >= 11 is 0. The van der Waals surface area contributed by atoms with Crippen LogP contribution in [0.5, 0.6) is 0 Å². The first kappa shape index (κ1) is 16.1. The van der Waals surface area contributed by atoms with Crippen LogP contribution in [0.4, 0.5) is 8.78 Å². The predicted molar refractivity (Wildman–Crippen MR) is 72.9 cm³/mol. The van der Waals surface area contributed by atoms with Gasteiger partial charge in [-0.05, 0) is 38.3 Å². The average Bonchev–Trinajstić information content (AvgIpc) is 2.39. The van der Waals surface area contributed by atoms with Gasteiger partial charge in [0.05, 0.1) is 0 Å². The Bertz CT molecular complexity index is 378. The van der Waals surface area contributed by atoms with Crippen LogP contribution < -0.4 is 5.32 Å². The van der Waals surface area contributed by atoms with E-state index < -0.39 is 11.6 Å². The highest BCUT2D eigenvalue weighted by molar-refractivity contribution is 5.21. The molecular weight excluding hydrogens is 248 g/mol. The number of aliphatic hydroxyl groups excluding tert-OH is 1. The molecule has 0 bridgehead atoms. The Hall–Kier alpha value is -1.00. The first-order valence-electron chi connectivity index (χ1n) is 6.88. The lowest BCUT2D eigenvalue weighted by atomic mass is 9.99. The third-order valence-corrected chi connectivity index (χ3v) is 3.39. The van der Waals surface area contributed by atoms with Crippen LogP contribution in [-0.4, -0.2) is 18.3 Å². The Balaban J connectivity index is 2.58. The second-order valence-electron chi connectivity index (χ2n) is 4.94. The molecule has 2 atom stereocenters. The lowest BCUT2D eigenvalue weighted by Crippen LogP contribution is -2.27. The van der Waals surface area contributed by atoms with Crippen molar-refractivity contribution < 1.29 is 13.9 Å². The molecule has 0 aliphatic heterocycles. The van der Waals surface area contributed by atoms with E-state index >= 15 is 0 Å². The normalized spacial score (nSPS) is 14.4. The smallest absolute Gasteiger partial charge is 0.163 e. The van der Waals surface area contributed by atoms with Crippen molar-refractivity contribution in [3.8, 4) is 0 Å². The first-order chi connectivity index (χ1) is 9.10. The molecule has 1 aromatic rings. The summed E-state index contributed by atoms with van der Waals surface area (Å²) < 4.78 is 26.8. The molecular formula is C15H23F2NO. The second kappa shape index (κ2) is 8.23. The van der Waals surface area contributed by atoms with E-state index in [1.807, 2.05) is 6.92 Å². The van der Waals surface area contributed by atoms with Gasteiger partial charge in [0.15, 0.2) is 11.6 Å². The molecule has 0 spiro atoms. The van der Waals surface area contributed by atoms with Crippen LogP contribution >= 0.6 is 0 Å². The number of hydrogen-bond donors (Lipinski definition) is 2. The zero-order valence-corrected chi connectivity index (χ0v) is 11.6. The molecule has 2 unspecified atom stereocenters. The van der Waals surface area contributed by atoms with E-state index in [-0.39, 0.29) is 12.6 Å². The minimum absolute atomic E-state index is 0.162. The van der Waals surface area contributed by atoms with Crippen LogP contribution in [0.15, 0.2) is 18.2 Å². The lowest BCUT2D eigenvalue weighted by Gasteiger charge is -2.20. The summed E-state index contributed by atoms with van der Waals surface area (Å²) in [6.07, 6.45) is 2.81. The maximum absolute atomic E-state index is 13.6. The Morgan fingerprint density at radius 1 is 1.26 bits per heavy atom. The van der Waals surface area contributed by atoms with E-state index in [9.17, 15) is 8.78 Å². The van der Waals surface area contributed by atoms with Crippen molar-refractivity contribution >= 4 is 0 Å². The summed E-state index contributed by atoms with van der Waals surface area (Å²) in [6, 6.07) is 3.99. The van der Waals surface area contributed by atoms with Crippen molar-refractivity contribution in [3.63, 3.8) is 0 Å². The maximum Gasteiger partial charge on any atom is 0.163 e. The molecule has 2 N–H and O–H groups in total. The van der Waals surface area contributed by atoms with Gasteiger partial charge in [-0.15, -0.1) is 0 Å². The van der Waals surface area contributed by atoms with Crippen LogP contribution in [-0.2, 0) is 0 Å². The van der Waals surface area contributed by atoms with Gasteiger partial charge < -0.3 is 10.4 Å². The first-order valence-corrected chi connectivity index (χ1v) is 6.88. The van der Waals surface area contributed by atoms with Crippen molar-refractivity contribution in [2.24, 2.45) is 5.92 Å². The Morgan fingerprint density at radius 3 is 2.63 bits per heavy atom. The van der Waals surface area contributed by atoms with Crippen LogP contribution in [0.1, 0.15) is 44.7 Å². The van der Waals surface area contributed by atoms with Crippen LogP contribution in [0.2, 0.25) is 0 Å². The van der Waals surface area contributed by atoms with Crippen molar-refractivity contribution in [1.82, 2.24) is 5.32 Å². The van der Waals surface area contributed by atoms with Crippen molar-refractivity contribution in [3.05, 3.63) is 35.4 Å². The third-order valence-electron chi connectivity index (χ3n) is 3.39. The van der Waals surface area contributed by atoms with Gasteiger partial charge in [-0.3, -0.25) is 0 Å². The predicted octanol–water partition coefficient (Wildman–Crippen LogP) is 3.41.